The van der Waals surface area contributed by atoms with Crippen LogP contribution in [-0.4, -0.2) is 35.3 Å². The summed E-state index contributed by atoms with van der Waals surface area (Å²) in [4.78, 5) is 15.4. The maximum atomic E-state index is 13.6. The van der Waals surface area contributed by atoms with Gasteiger partial charge in [0.1, 0.15) is 0 Å². The van der Waals surface area contributed by atoms with Crippen LogP contribution in [0.5, 0.6) is 0 Å². The molecule has 2 aromatic carbocycles. The molecule has 168 valence electrons. The zero-order chi connectivity index (χ0) is 23.3. The van der Waals surface area contributed by atoms with E-state index in [2.05, 4.69) is 4.98 Å². The number of aryl methyl sites for hydroxylation is 2. The lowest BCUT2D eigenvalue weighted by Gasteiger charge is -2.29. The molecule has 0 saturated carbocycles. The van der Waals surface area contributed by atoms with E-state index in [-0.39, 0.29) is 24.3 Å². The molecule has 6 nitrogen and oxygen atoms in total. The van der Waals surface area contributed by atoms with Crippen LogP contribution < -0.4 is 0 Å². The summed E-state index contributed by atoms with van der Waals surface area (Å²) >= 11 is 0. The van der Waals surface area contributed by atoms with Gasteiger partial charge in [-0.1, -0.05) is 36.4 Å². The maximum Gasteiger partial charge on any atom is 0.303 e. The van der Waals surface area contributed by atoms with Crippen LogP contribution in [0.2, 0.25) is 0 Å². The number of aliphatic carboxylic acids is 1. The summed E-state index contributed by atoms with van der Waals surface area (Å²) < 4.78 is 28.7. The van der Waals surface area contributed by atoms with Crippen molar-refractivity contribution in [1.82, 2.24) is 9.29 Å². The lowest BCUT2D eigenvalue weighted by atomic mass is 9.98. The first-order valence-corrected chi connectivity index (χ1v) is 12.0. The number of benzene rings is 2. The second kappa shape index (κ2) is 10.1. The van der Waals surface area contributed by atoms with Gasteiger partial charge in [0.2, 0.25) is 10.0 Å². The molecule has 0 spiro atoms. The van der Waals surface area contributed by atoms with E-state index in [1.54, 1.807) is 43.6 Å². The third-order valence-corrected chi connectivity index (χ3v) is 7.71. The molecule has 1 N–H and O–H groups in total. The predicted molar refractivity (Wildman–Crippen MR) is 125 cm³/mol. The third-order valence-electron chi connectivity index (χ3n) is 5.58. The van der Waals surface area contributed by atoms with Crippen LogP contribution in [0.3, 0.4) is 0 Å². The molecule has 3 aromatic rings. The molecule has 0 aliphatic rings. The average Bonchev–Trinajstić information content (AvgIpc) is 2.76. The van der Waals surface area contributed by atoms with E-state index < -0.39 is 22.0 Å². The van der Waals surface area contributed by atoms with E-state index in [1.165, 1.54) is 4.31 Å². The van der Waals surface area contributed by atoms with Gasteiger partial charge >= 0.3 is 5.97 Å². The maximum absolute atomic E-state index is 13.6. The number of aromatic nitrogens is 1. The number of pyridine rings is 1. The molecule has 0 aliphatic heterocycles. The summed E-state index contributed by atoms with van der Waals surface area (Å²) in [6.07, 6.45) is 3.67. The number of carbonyl (C=O) groups is 1. The van der Waals surface area contributed by atoms with Crippen molar-refractivity contribution in [2.75, 3.05) is 6.54 Å². The Morgan fingerprint density at radius 1 is 1.06 bits per heavy atom. The summed E-state index contributed by atoms with van der Waals surface area (Å²) in [6, 6.07) is 16.1. The number of nitrogens with zero attached hydrogens (tertiary/aromatic N) is 2. The summed E-state index contributed by atoms with van der Waals surface area (Å²) in [6.45, 7) is 5.71. The summed E-state index contributed by atoms with van der Waals surface area (Å²) in [5, 5.41) is 9.06. The highest BCUT2D eigenvalue weighted by atomic mass is 32.2. The Morgan fingerprint density at radius 3 is 2.50 bits per heavy atom. The Labute approximate surface area is 189 Å². The molecule has 3 rings (SSSR count). The van der Waals surface area contributed by atoms with Gasteiger partial charge in [-0.2, -0.15) is 4.31 Å². The molecule has 0 fully saturated rings. The standard InChI is InChI=1S/C25H28N2O4S/c1-18-8-4-5-11-24(18)32(30,31)27(15-7-12-25(28)29)20(3)21-9-6-10-22(16-21)23-13-14-26-17-19(23)2/h4-6,8-11,13-14,16-17,20H,7,12,15H2,1-3H3,(H,28,29)/t20-/m0/s1. The predicted octanol–water partition coefficient (Wildman–Crippen LogP) is 4.98. The number of carboxylic acid groups (broad SMARTS) is 1. The van der Waals surface area contributed by atoms with E-state index in [1.807, 2.05) is 44.2 Å². The Hall–Kier alpha value is -3.03. The van der Waals surface area contributed by atoms with E-state index in [9.17, 15) is 13.2 Å². The second-order valence-corrected chi connectivity index (χ2v) is 9.73. The SMILES string of the molecule is Cc1cnccc1-c1cccc([C@H](C)N(CCCC(=O)O)S(=O)(=O)c2ccccc2C)c1. The summed E-state index contributed by atoms with van der Waals surface area (Å²) in [5.74, 6) is -0.943. The smallest absolute Gasteiger partial charge is 0.303 e. The molecule has 7 heteroatoms. The van der Waals surface area contributed by atoms with E-state index >= 15 is 0 Å². The minimum Gasteiger partial charge on any atom is -0.481 e. The van der Waals surface area contributed by atoms with Gasteiger partial charge in [-0.05, 0) is 73.2 Å². The van der Waals surface area contributed by atoms with Crippen LogP contribution in [0, 0.1) is 13.8 Å². The van der Waals surface area contributed by atoms with Gasteiger partial charge in [-0.15, -0.1) is 0 Å². The first-order chi connectivity index (χ1) is 15.2. The highest BCUT2D eigenvalue weighted by molar-refractivity contribution is 7.89. The number of hydrogen-bond acceptors (Lipinski definition) is 4. The Kier molecular flexibility index (Phi) is 7.43. The first-order valence-electron chi connectivity index (χ1n) is 10.5. The van der Waals surface area contributed by atoms with Gasteiger partial charge in [-0.25, -0.2) is 8.42 Å². The number of sulfonamides is 1. The topological polar surface area (TPSA) is 87.6 Å². The number of hydrogen-bond donors (Lipinski definition) is 1. The zero-order valence-corrected chi connectivity index (χ0v) is 19.3. The van der Waals surface area contributed by atoms with Crippen molar-refractivity contribution in [3.63, 3.8) is 0 Å². The molecule has 0 saturated heterocycles. The first kappa shape index (κ1) is 23.6. The molecule has 0 radical (unpaired) electrons. The highest BCUT2D eigenvalue weighted by Gasteiger charge is 2.31. The Morgan fingerprint density at radius 2 is 1.81 bits per heavy atom. The fraction of sp³-hybridized carbons (Fsp3) is 0.280. The van der Waals surface area contributed by atoms with E-state index in [0.29, 0.717) is 5.56 Å². The van der Waals surface area contributed by atoms with Crippen molar-refractivity contribution in [1.29, 1.82) is 0 Å². The van der Waals surface area contributed by atoms with Crippen LogP contribution in [0.4, 0.5) is 0 Å². The Bertz CT molecular complexity index is 1210. The minimum absolute atomic E-state index is 0.0945. The minimum atomic E-state index is -3.83. The fourth-order valence-electron chi connectivity index (χ4n) is 3.81. The van der Waals surface area contributed by atoms with E-state index in [0.717, 1.165) is 22.3 Å². The molecule has 0 aliphatic carbocycles. The van der Waals surface area contributed by atoms with Gasteiger partial charge in [0.25, 0.3) is 0 Å². The molecule has 32 heavy (non-hydrogen) atoms. The molecule has 1 heterocycles. The molecular formula is C25H28N2O4S. The highest BCUT2D eigenvalue weighted by Crippen LogP contribution is 2.32. The average molecular weight is 453 g/mol. The van der Waals surface area contributed by atoms with Gasteiger partial charge < -0.3 is 5.11 Å². The molecule has 1 atom stereocenters. The monoisotopic (exact) mass is 452 g/mol. The fourth-order valence-corrected chi connectivity index (χ4v) is 5.70. The van der Waals surface area contributed by atoms with Crippen molar-refractivity contribution in [2.45, 2.75) is 44.6 Å². The van der Waals surface area contributed by atoms with Crippen LogP contribution in [0.1, 0.15) is 42.5 Å². The van der Waals surface area contributed by atoms with Gasteiger partial charge in [0, 0.05) is 31.4 Å². The molecule has 0 unspecified atom stereocenters. The normalized spacial score (nSPS) is 12.6. The quantitative estimate of drug-likeness (QED) is 0.495. The van der Waals surface area contributed by atoms with Crippen molar-refractivity contribution in [2.24, 2.45) is 0 Å². The van der Waals surface area contributed by atoms with Crippen LogP contribution in [-0.2, 0) is 14.8 Å². The summed E-state index contributed by atoms with van der Waals surface area (Å²) in [7, 11) is -3.83. The molecule has 0 bridgehead atoms. The van der Waals surface area contributed by atoms with Gasteiger partial charge in [-0.3, -0.25) is 9.78 Å². The van der Waals surface area contributed by atoms with Crippen molar-refractivity contribution in [3.05, 3.63) is 83.7 Å². The van der Waals surface area contributed by atoms with Crippen molar-refractivity contribution < 1.29 is 18.3 Å². The third kappa shape index (κ3) is 5.23. The lowest BCUT2D eigenvalue weighted by molar-refractivity contribution is -0.137. The lowest BCUT2D eigenvalue weighted by Crippen LogP contribution is -2.35. The number of rotatable bonds is 9. The molecular weight excluding hydrogens is 424 g/mol. The largest absolute Gasteiger partial charge is 0.481 e. The zero-order valence-electron chi connectivity index (χ0n) is 18.5. The van der Waals surface area contributed by atoms with Crippen LogP contribution >= 0.6 is 0 Å². The molecule has 1 aromatic heterocycles. The van der Waals surface area contributed by atoms with Crippen LogP contribution in [0.25, 0.3) is 11.1 Å². The number of carboxylic acids is 1. The van der Waals surface area contributed by atoms with Crippen LogP contribution in [0.15, 0.2) is 71.9 Å². The van der Waals surface area contributed by atoms with Crippen molar-refractivity contribution in [3.8, 4) is 11.1 Å². The van der Waals surface area contributed by atoms with Gasteiger partial charge in [0.05, 0.1) is 4.90 Å². The van der Waals surface area contributed by atoms with Crippen molar-refractivity contribution >= 4 is 16.0 Å². The van der Waals surface area contributed by atoms with E-state index in [4.69, 9.17) is 5.11 Å². The second-order valence-electron chi connectivity index (χ2n) is 7.87. The summed E-state index contributed by atoms with van der Waals surface area (Å²) in [5.41, 5.74) is 4.54. The van der Waals surface area contributed by atoms with Gasteiger partial charge in [0.15, 0.2) is 0 Å². The molecule has 0 amide bonds. The Balaban J connectivity index is 2.02.